The maximum absolute atomic E-state index is 12.8. The Kier molecular flexibility index (Phi) is 8.93. The van der Waals surface area contributed by atoms with Crippen LogP contribution in [0.2, 0.25) is 0 Å². The Hall–Kier alpha value is -3.32. The lowest BCUT2D eigenvalue weighted by Gasteiger charge is -2.18. The third kappa shape index (κ3) is 7.09. The molecule has 0 aliphatic rings. The first-order chi connectivity index (χ1) is 16.7. The van der Waals surface area contributed by atoms with Crippen molar-refractivity contribution in [3.63, 3.8) is 0 Å². The maximum Gasteiger partial charge on any atom is 0.355 e. The van der Waals surface area contributed by atoms with Gasteiger partial charge in [0.2, 0.25) is 5.75 Å². The summed E-state index contributed by atoms with van der Waals surface area (Å²) in [5, 5.41) is 12.8. The standard InChI is InChI=1S/C23H23NO9S2/c1-16-8-10-19(11-9-16)35(28,29)33-18(13-31-12-17-6-4-3-5-7-17)14-32-20-15-34-22(23(25)30-2)21(20)24(26)27/h3-11,15,18H,12-14H2,1-2H3/t18-/m1/s1. The molecule has 0 aliphatic carbocycles. The van der Waals surface area contributed by atoms with Gasteiger partial charge in [0.05, 0.1) is 30.1 Å². The highest BCUT2D eigenvalue weighted by Gasteiger charge is 2.31. The summed E-state index contributed by atoms with van der Waals surface area (Å²) in [5.41, 5.74) is 1.18. The highest BCUT2D eigenvalue weighted by atomic mass is 32.2. The van der Waals surface area contributed by atoms with Gasteiger partial charge < -0.3 is 14.2 Å². The van der Waals surface area contributed by atoms with E-state index in [0.717, 1.165) is 29.6 Å². The number of carbonyl (C=O) groups is 1. The van der Waals surface area contributed by atoms with Crippen LogP contribution in [-0.2, 0) is 30.4 Å². The number of methoxy groups -OCH3 is 1. The summed E-state index contributed by atoms with van der Waals surface area (Å²) in [6.45, 7) is 1.44. The van der Waals surface area contributed by atoms with Crippen molar-refractivity contribution in [1.82, 2.24) is 0 Å². The van der Waals surface area contributed by atoms with E-state index in [0.29, 0.717) is 0 Å². The molecule has 1 aromatic heterocycles. The van der Waals surface area contributed by atoms with Crippen LogP contribution < -0.4 is 4.74 Å². The molecule has 3 rings (SSSR count). The largest absolute Gasteiger partial charge is 0.483 e. The fourth-order valence-corrected chi connectivity index (χ4v) is 4.88. The fourth-order valence-electron chi connectivity index (χ4n) is 2.96. The molecule has 0 fully saturated rings. The summed E-state index contributed by atoms with van der Waals surface area (Å²) in [6.07, 6.45) is -1.13. The lowest BCUT2D eigenvalue weighted by atomic mass is 10.2. The van der Waals surface area contributed by atoms with Gasteiger partial charge in [-0.3, -0.25) is 14.3 Å². The fraction of sp³-hybridized carbons (Fsp3) is 0.261. The van der Waals surface area contributed by atoms with Crippen LogP contribution in [0.25, 0.3) is 0 Å². The van der Waals surface area contributed by atoms with Gasteiger partial charge in [0.1, 0.15) is 12.7 Å². The van der Waals surface area contributed by atoms with Gasteiger partial charge in [0.15, 0.2) is 4.88 Å². The first kappa shape index (κ1) is 26.3. The molecule has 3 aromatic rings. The van der Waals surface area contributed by atoms with Crippen LogP contribution in [0.15, 0.2) is 64.9 Å². The zero-order chi connectivity index (χ0) is 25.4. The molecule has 186 valence electrons. The van der Waals surface area contributed by atoms with Crippen LogP contribution in [0.1, 0.15) is 20.8 Å². The van der Waals surface area contributed by atoms with Gasteiger partial charge in [0.25, 0.3) is 10.1 Å². The first-order valence-corrected chi connectivity index (χ1v) is 12.6. The zero-order valence-electron chi connectivity index (χ0n) is 18.9. The Balaban J connectivity index is 1.77. The minimum Gasteiger partial charge on any atom is -0.483 e. The van der Waals surface area contributed by atoms with Crippen LogP contribution in [0.4, 0.5) is 5.69 Å². The number of aryl methyl sites for hydroxylation is 1. The van der Waals surface area contributed by atoms with E-state index >= 15 is 0 Å². The van der Waals surface area contributed by atoms with E-state index in [-0.39, 0.29) is 28.7 Å². The van der Waals surface area contributed by atoms with E-state index in [2.05, 4.69) is 4.74 Å². The number of nitro groups is 1. The Bertz CT molecular complexity index is 1260. The molecule has 1 atom stereocenters. The number of benzene rings is 2. The predicted molar refractivity (Wildman–Crippen MR) is 127 cm³/mol. The van der Waals surface area contributed by atoms with Gasteiger partial charge in [-0.1, -0.05) is 48.0 Å². The van der Waals surface area contributed by atoms with Gasteiger partial charge >= 0.3 is 11.7 Å². The van der Waals surface area contributed by atoms with Gasteiger partial charge in [-0.25, -0.2) is 4.79 Å². The van der Waals surface area contributed by atoms with E-state index in [4.69, 9.17) is 13.7 Å². The highest BCUT2D eigenvalue weighted by molar-refractivity contribution is 7.86. The van der Waals surface area contributed by atoms with E-state index < -0.39 is 39.4 Å². The molecule has 0 unspecified atom stereocenters. The quantitative estimate of drug-likeness (QED) is 0.149. The van der Waals surface area contributed by atoms with Crippen LogP contribution in [0, 0.1) is 17.0 Å². The number of rotatable bonds is 12. The van der Waals surface area contributed by atoms with Gasteiger partial charge in [-0.05, 0) is 24.6 Å². The molecule has 10 nitrogen and oxygen atoms in total. The molecule has 0 spiro atoms. The Labute approximate surface area is 206 Å². The van der Waals surface area contributed by atoms with Crippen LogP contribution in [-0.4, -0.2) is 45.7 Å². The average molecular weight is 522 g/mol. The molecule has 12 heteroatoms. The SMILES string of the molecule is COC(=O)c1scc(OC[C@@H](COCc2ccccc2)OS(=O)(=O)c2ccc(C)cc2)c1[N+](=O)[O-]. The first-order valence-electron chi connectivity index (χ1n) is 10.3. The summed E-state index contributed by atoms with van der Waals surface area (Å²) in [4.78, 5) is 22.3. The average Bonchev–Trinajstić information content (AvgIpc) is 3.27. The third-order valence-corrected chi connectivity index (χ3v) is 7.00. The van der Waals surface area contributed by atoms with Crippen molar-refractivity contribution in [2.24, 2.45) is 0 Å². The van der Waals surface area contributed by atoms with Crippen molar-refractivity contribution in [3.8, 4) is 5.75 Å². The Morgan fingerprint density at radius 2 is 1.77 bits per heavy atom. The van der Waals surface area contributed by atoms with Gasteiger partial charge in [0, 0.05) is 5.38 Å². The summed E-state index contributed by atoms with van der Waals surface area (Å²) >= 11 is 0.784. The molecule has 0 N–H and O–H groups in total. The topological polar surface area (TPSA) is 131 Å². The van der Waals surface area contributed by atoms with E-state index in [1.807, 2.05) is 37.3 Å². The van der Waals surface area contributed by atoms with Crippen LogP contribution in [0.5, 0.6) is 5.75 Å². The second kappa shape index (κ2) is 11.9. The molecule has 0 aliphatic heterocycles. The lowest BCUT2D eigenvalue weighted by Crippen LogP contribution is -2.30. The minimum absolute atomic E-state index is 0.0503. The molecule has 0 saturated carbocycles. The molecule has 0 radical (unpaired) electrons. The second-order valence-electron chi connectivity index (χ2n) is 7.32. The van der Waals surface area contributed by atoms with E-state index in [1.54, 1.807) is 12.1 Å². The number of thiophene rings is 1. The molecule has 2 aromatic carbocycles. The molecular formula is C23H23NO9S2. The van der Waals surface area contributed by atoms with Crippen molar-refractivity contribution in [2.45, 2.75) is 24.5 Å². The van der Waals surface area contributed by atoms with Crippen LogP contribution >= 0.6 is 11.3 Å². The minimum atomic E-state index is -4.18. The smallest absolute Gasteiger partial charge is 0.355 e. The maximum atomic E-state index is 12.8. The molecule has 0 bridgehead atoms. The van der Waals surface area contributed by atoms with Crippen molar-refractivity contribution in [1.29, 1.82) is 0 Å². The lowest BCUT2D eigenvalue weighted by molar-refractivity contribution is -0.385. The summed E-state index contributed by atoms with van der Waals surface area (Å²) in [6, 6.07) is 15.3. The van der Waals surface area contributed by atoms with Crippen molar-refractivity contribution < 1.29 is 36.5 Å². The molecule has 35 heavy (non-hydrogen) atoms. The number of carbonyl (C=O) groups excluding carboxylic acids is 1. The Morgan fingerprint density at radius 1 is 1.09 bits per heavy atom. The Morgan fingerprint density at radius 3 is 2.40 bits per heavy atom. The second-order valence-corrected chi connectivity index (χ2v) is 9.78. The highest BCUT2D eigenvalue weighted by Crippen LogP contribution is 2.37. The van der Waals surface area contributed by atoms with Crippen LogP contribution in [0.3, 0.4) is 0 Å². The molecule has 0 saturated heterocycles. The number of esters is 1. The summed E-state index contributed by atoms with van der Waals surface area (Å²) in [5.74, 6) is -1.08. The summed E-state index contributed by atoms with van der Waals surface area (Å²) in [7, 11) is -3.07. The molecule has 1 heterocycles. The summed E-state index contributed by atoms with van der Waals surface area (Å²) < 4.78 is 46.7. The number of ether oxygens (including phenoxy) is 3. The number of hydrogen-bond acceptors (Lipinski definition) is 10. The van der Waals surface area contributed by atoms with Crippen molar-refractivity contribution in [2.75, 3.05) is 20.3 Å². The van der Waals surface area contributed by atoms with Gasteiger partial charge in [-0.15, -0.1) is 11.3 Å². The van der Waals surface area contributed by atoms with E-state index in [1.165, 1.54) is 17.5 Å². The normalized spacial score (nSPS) is 12.2. The molecular weight excluding hydrogens is 498 g/mol. The number of nitrogens with zero attached hydrogens (tertiary/aromatic N) is 1. The molecule has 0 amide bonds. The zero-order valence-corrected chi connectivity index (χ0v) is 20.5. The monoisotopic (exact) mass is 521 g/mol. The van der Waals surface area contributed by atoms with Gasteiger partial charge in [-0.2, -0.15) is 8.42 Å². The number of hydrogen-bond donors (Lipinski definition) is 0. The van der Waals surface area contributed by atoms with Crippen molar-refractivity contribution in [3.05, 3.63) is 86.1 Å². The van der Waals surface area contributed by atoms with Crippen molar-refractivity contribution >= 4 is 33.1 Å². The third-order valence-electron chi connectivity index (χ3n) is 4.70. The predicted octanol–water partition coefficient (Wildman–Crippen LogP) is 4.12. The van der Waals surface area contributed by atoms with E-state index in [9.17, 15) is 23.3 Å².